The highest BCUT2D eigenvalue weighted by molar-refractivity contribution is 5.99. The lowest BCUT2D eigenvalue weighted by Crippen LogP contribution is -2.33. The van der Waals surface area contributed by atoms with Crippen LogP contribution in [0.15, 0.2) is 30.6 Å². The maximum atomic E-state index is 13.1. The van der Waals surface area contributed by atoms with Crippen molar-refractivity contribution in [2.75, 3.05) is 38.2 Å². The predicted molar refractivity (Wildman–Crippen MR) is 109 cm³/mol. The first-order valence-electron chi connectivity index (χ1n) is 9.87. The number of methoxy groups -OCH3 is 1. The van der Waals surface area contributed by atoms with Gasteiger partial charge in [0.2, 0.25) is 5.88 Å². The minimum absolute atomic E-state index is 0.0790. The molecular weight excluding hydrogens is 368 g/mol. The number of rotatable bonds is 3. The number of benzene rings is 1. The van der Waals surface area contributed by atoms with Gasteiger partial charge in [0.05, 0.1) is 18.0 Å². The molecule has 8 nitrogen and oxygen atoms in total. The van der Waals surface area contributed by atoms with Crippen molar-refractivity contribution in [3.8, 4) is 5.88 Å². The molecule has 0 radical (unpaired) electrons. The van der Waals surface area contributed by atoms with Crippen LogP contribution in [0.2, 0.25) is 0 Å². The number of hydrogen-bond acceptors (Lipinski definition) is 6. The quantitative estimate of drug-likeness (QED) is 0.678. The molecule has 0 N–H and O–H groups in total. The molecule has 8 heteroatoms. The van der Waals surface area contributed by atoms with E-state index in [1.54, 1.807) is 18.1 Å². The number of likely N-dealkylation sites (tertiary alicyclic amines) is 1. The SMILES string of the molecule is COc1c2ccc(C(=O)N3CC4CN(c5cc(C)ncn5)CC4C3)cc2nn1C. The molecular formula is C21H24N6O2. The molecule has 150 valence electrons. The lowest BCUT2D eigenvalue weighted by atomic mass is 10.0. The van der Waals surface area contributed by atoms with Crippen LogP contribution < -0.4 is 9.64 Å². The van der Waals surface area contributed by atoms with E-state index in [-0.39, 0.29) is 5.91 Å². The monoisotopic (exact) mass is 392 g/mol. The number of aryl methyl sites for hydroxylation is 2. The summed E-state index contributed by atoms with van der Waals surface area (Å²) in [5.41, 5.74) is 2.44. The molecule has 5 rings (SSSR count). The first-order valence-corrected chi connectivity index (χ1v) is 9.87. The molecule has 2 aliphatic rings. The lowest BCUT2D eigenvalue weighted by molar-refractivity contribution is 0.0782. The third-order valence-corrected chi connectivity index (χ3v) is 6.11. The molecule has 2 aliphatic heterocycles. The van der Waals surface area contributed by atoms with Gasteiger partial charge in [-0.25, -0.2) is 14.6 Å². The van der Waals surface area contributed by atoms with E-state index >= 15 is 0 Å². The van der Waals surface area contributed by atoms with Crippen LogP contribution in [0.3, 0.4) is 0 Å². The average molecular weight is 392 g/mol. The zero-order chi connectivity index (χ0) is 20.1. The van der Waals surface area contributed by atoms with E-state index in [4.69, 9.17) is 4.74 Å². The fourth-order valence-electron chi connectivity index (χ4n) is 4.69. The molecule has 4 heterocycles. The van der Waals surface area contributed by atoms with Gasteiger partial charge in [0.15, 0.2) is 0 Å². The van der Waals surface area contributed by atoms with E-state index in [1.165, 1.54) is 0 Å². The van der Waals surface area contributed by atoms with Gasteiger partial charge in [0, 0.05) is 62.4 Å². The summed E-state index contributed by atoms with van der Waals surface area (Å²) in [6.45, 7) is 5.42. The number of carbonyl (C=O) groups excluding carboxylic acids is 1. The van der Waals surface area contributed by atoms with Gasteiger partial charge in [-0.05, 0) is 25.1 Å². The Kier molecular flexibility index (Phi) is 4.15. The Bertz CT molecular complexity index is 1080. The summed E-state index contributed by atoms with van der Waals surface area (Å²) in [7, 11) is 3.47. The van der Waals surface area contributed by atoms with Crippen molar-refractivity contribution in [1.29, 1.82) is 0 Å². The van der Waals surface area contributed by atoms with Gasteiger partial charge in [-0.3, -0.25) is 4.79 Å². The van der Waals surface area contributed by atoms with Crippen molar-refractivity contribution < 1.29 is 9.53 Å². The smallest absolute Gasteiger partial charge is 0.253 e. The molecule has 0 bridgehead atoms. The Morgan fingerprint density at radius 2 is 1.86 bits per heavy atom. The largest absolute Gasteiger partial charge is 0.481 e. The minimum atomic E-state index is 0.0790. The molecule has 2 fully saturated rings. The Hall–Kier alpha value is -3.16. The van der Waals surface area contributed by atoms with E-state index in [9.17, 15) is 4.79 Å². The van der Waals surface area contributed by atoms with E-state index in [0.717, 1.165) is 48.6 Å². The van der Waals surface area contributed by atoms with Crippen molar-refractivity contribution in [1.82, 2.24) is 24.6 Å². The summed E-state index contributed by atoms with van der Waals surface area (Å²) >= 11 is 0. The maximum absolute atomic E-state index is 13.1. The molecule has 2 aromatic heterocycles. The van der Waals surface area contributed by atoms with Crippen LogP contribution in [-0.2, 0) is 7.05 Å². The zero-order valence-corrected chi connectivity index (χ0v) is 16.9. The van der Waals surface area contributed by atoms with Gasteiger partial charge >= 0.3 is 0 Å². The highest BCUT2D eigenvalue weighted by atomic mass is 16.5. The van der Waals surface area contributed by atoms with Crippen LogP contribution in [0.1, 0.15) is 16.1 Å². The minimum Gasteiger partial charge on any atom is -0.481 e. The summed E-state index contributed by atoms with van der Waals surface area (Å²) in [6, 6.07) is 7.69. The topological polar surface area (TPSA) is 76.4 Å². The van der Waals surface area contributed by atoms with Gasteiger partial charge < -0.3 is 14.5 Å². The second kappa shape index (κ2) is 6.72. The Morgan fingerprint density at radius 3 is 2.55 bits per heavy atom. The van der Waals surface area contributed by atoms with E-state index in [0.29, 0.717) is 23.3 Å². The summed E-state index contributed by atoms with van der Waals surface area (Å²) in [6.07, 6.45) is 1.62. The fraction of sp³-hybridized carbons (Fsp3) is 0.429. The molecule has 0 aliphatic carbocycles. The predicted octanol–water partition coefficient (Wildman–Crippen LogP) is 1.89. The maximum Gasteiger partial charge on any atom is 0.253 e. The van der Waals surface area contributed by atoms with Gasteiger partial charge in [-0.2, -0.15) is 5.10 Å². The first kappa shape index (κ1) is 17.9. The number of anilines is 1. The molecule has 2 atom stereocenters. The van der Waals surface area contributed by atoms with E-state index in [2.05, 4.69) is 20.0 Å². The summed E-state index contributed by atoms with van der Waals surface area (Å²) < 4.78 is 7.09. The number of fused-ring (bicyclic) bond motifs is 2. The average Bonchev–Trinajstić information content (AvgIpc) is 3.37. The standard InChI is InChI=1S/C21H24N6O2/c1-13-6-19(23-12-22-13)26-8-15-10-27(11-16(15)9-26)20(28)14-4-5-17-18(7-14)24-25(2)21(17)29-3/h4-7,12,15-16H,8-11H2,1-3H3. The third-order valence-electron chi connectivity index (χ3n) is 6.11. The van der Waals surface area contributed by atoms with Crippen molar-refractivity contribution in [3.63, 3.8) is 0 Å². The van der Waals surface area contributed by atoms with Crippen LogP contribution >= 0.6 is 0 Å². The molecule has 29 heavy (non-hydrogen) atoms. The molecule has 3 aromatic rings. The molecule has 0 spiro atoms. The lowest BCUT2D eigenvalue weighted by Gasteiger charge is -2.22. The van der Waals surface area contributed by atoms with Crippen molar-refractivity contribution >= 4 is 22.6 Å². The molecule has 2 unspecified atom stereocenters. The van der Waals surface area contributed by atoms with Gasteiger partial charge in [0.1, 0.15) is 12.1 Å². The van der Waals surface area contributed by atoms with Crippen LogP contribution in [-0.4, -0.2) is 63.8 Å². The highest BCUT2D eigenvalue weighted by Gasteiger charge is 2.42. The highest BCUT2D eigenvalue weighted by Crippen LogP contribution is 2.34. The Morgan fingerprint density at radius 1 is 1.10 bits per heavy atom. The Balaban J connectivity index is 1.30. The first-order chi connectivity index (χ1) is 14.0. The normalized spacial score (nSPS) is 21.1. The second-order valence-electron chi connectivity index (χ2n) is 8.02. The Labute approximate surface area is 169 Å². The number of aromatic nitrogens is 4. The fourth-order valence-corrected chi connectivity index (χ4v) is 4.69. The summed E-state index contributed by atoms with van der Waals surface area (Å²) in [5, 5.41) is 5.38. The van der Waals surface area contributed by atoms with Crippen LogP contribution in [0.5, 0.6) is 5.88 Å². The summed E-state index contributed by atoms with van der Waals surface area (Å²) in [5.74, 6) is 2.73. The van der Waals surface area contributed by atoms with Gasteiger partial charge in [0.25, 0.3) is 5.91 Å². The molecule has 1 amide bonds. The molecule has 0 saturated carbocycles. The van der Waals surface area contributed by atoms with Crippen molar-refractivity contribution in [2.45, 2.75) is 6.92 Å². The molecule has 2 saturated heterocycles. The van der Waals surface area contributed by atoms with Crippen LogP contribution in [0.4, 0.5) is 5.82 Å². The number of hydrogen-bond donors (Lipinski definition) is 0. The summed E-state index contributed by atoms with van der Waals surface area (Å²) in [4.78, 5) is 26.0. The number of amides is 1. The van der Waals surface area contributed by atoms with Crippen LogP contribution in [0.25, 0.3) is 10.9 Å². The number of nitrogens with zero attached hydrogens (tertiary/aromatic N) is 6. The van der Waals surface area contributed by atoms with Gasteiger partial charge in [-0.1, -0.05) is 0 Å². The molecule has 1 aromatic carbocycles. The van der Waals surface area contributed by atoms with Crippen molar-refractivity contribution in [2.24, 2.45) is 18.9 Å². The van der Waals surface area contributed by atoms with E-state index in [1.807, 2.05) is 43.1 Å². The van der Waals surface area contributed by atoms with Crippen LogP contribution in [0, 0.1) is 18.8 Å². The zero-order valence-electron chi connectivity index (χ0n) is 16.9. The van der Waals surface area contributed by atoms with Gasteiger partial charge in [-0.15, -0.1) is 0 Å². The third kappa shape index (κ3) is 2.99. The number of ether oxygens (including phenoxy) is 1. The second-order valence-corrected chi connectivity index (χ2v) is 8.02. The van der Waals surface area contributed by atoms with E-state index < -0.39 is 0 Å². The number of carbonyl (C=O) groups is 1. The van der Waals surface area contributed by atoms with Crippen molar-refractivity contribution in [3.05, 3.63) is 41.9 Å².